The fourth-order valence-corrected chi connectivity index (χ4v) is 3.14. The number of aromatic nitrogens is 4. The minimum atomic E-state index is -0.573. The molecular weight excluding hydrogens is 353 g/mol. The van der Waals surface area contributed by atoms with Gasteiger partial charge in [-0.3, -0.25) is 9.89 Å². The Morgan fingerprint density at radius 2 is 1.96 bits per heavy atom. The summed E-state index contributed by atoms with van der Waals surface area (Å²) in [4.78, 5) is 19.6. The molecule has 0 amide bonds. The molecule has 3 heterocycles. The molecule has 1 aliphatic heterocycles. The topological polar surface area (TPSA) is 116 Å². The van der Waals surface area contributed by atoms with E-state index in [0.717, 1.165) is 5.47 Å². The van der Waals surface area contributed by atoms with Crippen LogP contribution in [0.5, 0.6) is 0 Å². The molecule has 2 aromatic rings. The minimum absolute atomic E-state index is 0.0183. The second-order valence-corrected chi connectivity index (χ2v) is 8.33. The summed E-state index contributed by atoms with van der Waals surface area (Å²) in [5.41, 5.74) is 6.97. The van der Waals surface area contributed by atoms with Gasteiger partial charge in [-0.05, 0) is 39.2 Å². The normalized spacial score (nSPS) is 19.3. The molecular formula is C16H22BN5O3S. The van der Waals surface area contributed by atoms with E-state index >= 15 is 0 Å². The van der Waals surface area contributed by atoms with Crippen molar-refractivity contribution in [3.05, 3.63) is 17.5 Å². The highest BCUT2D eigenvalue weighted by atomic mass is 32.2. The summed E-state index contributed by atoms with van der Waals surface area (Å²) in [6.45, 7) is 9.48. The zero-order valence-electron chi connectivity index (χ0n) is 15.5. The fraction of sp³-hybridized carbons (Fsp3) is 0.500. The molecule has 0 aliphatic carbocycles. The Kier molecular flexibility index (Phi) is 4.85. The van der Waals surface area contributed by atoms with E-state index in [1.165, 1.54) is 25.0 Å². The van der Waals surface area contributed by atoms with Crippen LogP contribution in [0.3, 0.4) is 0 Å². The van der Waals surface area contributed by atoms with Crippen LogP contribution in [0.2, 0.25) is 0 Å². The van der Waals surface area contributed by atoms with Gasteiger partial charge in [0.15, 0.2) is 10.8 Å². The quantitative estimate of drug-likeness (QED) is 0.782. The van der Waals surface area contributed by atoms with E-state index in [0.29, 0.717) is 28.3 Å². The van der Waals surface area contributed by atoms with Gasteiger partial charge in [0.05, 0.1) is 22.3 Å². The number of aromatic amines is 1. The maximum atomic E-state index is 11.5. The first kappa shape index (κ1) is 18.9. The Morgan fingerprint density at radius 1 is 1.31 bits per heavy atom. The van der Waals surface area contributed by atoms with Gasteiger partial charge in [0, 0.05) is 12.7 Å². The third kappa shape index (κ3) is 3.49. The van der Waals surface area contributed by atoms with Crippen LogP contribution in [-0.2, 0) is 14.1 Å². The monoisotopic (exact) mass is 375 g/mol. The van der Waals surface area contributed by atoms with Crippen molar-refractivity contribution >= 4 is 46.9 Å². The number of nitrogen functional groups attached to an aromatic ring is 1. The highest BCUT2D eigenvalue weighted by Crippen LogP contribution is 2.39. The SMILES string of the molecule is CC(=O)SCC(=Cc1[nH]nc2ncnc(N)c12)B1OC(C)(C)C(C)(C)O1. The average Bonchev–Trinajstić information content (AvgIpc) is 3.03. The Bertz CT molecular complexity index is 864. The Balaban J connectivity index is 2.01. The van der Waals surface area contributed by atoms with Gasteiger partial charge in [-0.2, -0.15) is 5.10 Å². The fourth-order valence-electron chi connectivity index (χ4n) is 2.55. The van der Waals surface area contributed by atoms with Gasteiger partial charge in [-0.25, -0.2) is 9.97 Å². The summed E-state index contributed by atoms with van der Waals surface area (Å²) in [5, 5.41) is 7.73. The zero-order valence-corrected chi connectivity index (χ0v) is 16.3. The molecule has 0 radical (unpaired) electrons. The summed E-state index contributed by atoms with van der Waals surface area (Å²) in [7, 11) is -0.573. The molecule has 0 atom stereocenters. The van der Waals surface area contributed by atoms with Gasteiger partial charge in [0.25, 0.3) is 0 Å². The lowest BCUT2D eigenvalue weighted by atomic mass is 9.78. The number of carbonyl (C=O) groups excluding carboxylic acids is 1. The van der Waals surface area contributed by atoms with Crippen molar-refractivity contribution in [2.45, 2.75) is 45.8 Å². The van der Waals surface area contributed by atoms with Gasteiger partial charge in [-0.15, -0.1) is 0 Å². The van der Waals surface area contributed by atoms with E-state index in [1.807, 2.05) is 33.8 Å². The highest BCUT2D eigenvalue weighted by molar-refractivity contribution is 8.13. The maximum absolute atomic E-state index is 11.5. The number of thioether (sulfide) groups is 1. The molecule has 26 heavy (non-hydrogen) atoms. The van der Waals surface area contributed by atoms with Gasteiger partial charge < -0.3 is 15.0 Å². The van der Waals surface area contributed by atoms with E-state index in [9.17, 15) is 4.79 Å². The summed E-state index contributed by atoms with van der Waals surface area (Å²) in [6.07, 6.45) is 3.22. The maximum Gasteiger partial charge on any atom is 0.491 e. The van der Waals surface area contributed by atoms with Crippen molar-refractivity contribution in [3.63, 3.8) is 0 Å². The third-order valence-electron chi connectivity index (χ3n) is 4.74. The number of anilines is 1. The second-order valence-electron chi connectivity index (χ2n) is 7.18. The minimum Gasteiger partial charge on any atom is -0.400 e. The highest BCUT2D eigenvalue weighted by Gasteiger charge is 2.52. The predicted octanol–water partition coefficient (Wildman–Crippen LogP) is 2.23. The number of nitrogens with one attached hydrogen (secondary N) is 1. The first-order valence-corrected chi connectivity index (χ1v) is 9.23. The molecule has 2 aromatic heterocycles. The van der Waals surface area contributed by atoms with Crippen LogP contribution in [0.4, 0.5) is 5.82 Å². The first-order chi connectivity index (χ1) is 12.1. The average molecular weight is 375 g/mol. The van der Waals surface area contributed by atoms with Gasteiger partial charge in [0.2, 0.25) is 0 Å². The number of fused-ring (bicyclic) bond motifs is 1. The molecule has 0 spiro atoms. The lowest BCUT2D eigenvalue weighted by molar-refractivity contribution is -0.109. The molecule has 138 valence electrons. The van der Waals surface area contributed by atoms with Crippen LogP contribution >= 0.6 is 11.8 Å². The van der Waals surface area contributed by atoms with Crippen LogP contribution in [0.25, 0.3) is 17.1 Å². The Hall–Kier alpha value is -1.91. The third-order valence-corrected chi connectivity index (χ3v) is 5.62. The molecule has 3 N–H and O–H groups in total. The molecule has 0 aromatic carbocycles. The predicted molar refractivity (Wildman–Crippen MR) is 103 cm³/mol. The van der Waals surface area contributed by atoms with Crippen LogP contribution in [-0.4, -0.2) is 49.4 Å². The summed E-state index contributed by atoms with van der Waals surface area (Å²) in [6, 6.07) is 0. The Labute approximate surface area is 156 Å². The van der Waals surface area contributed by atoms with Crippen LogP contribution in [0.15, 0.2) is 11.8 Å². The number of nitrogens with zero attached hydrogens (tertiary/aromatic N) is 3. The van der Waals surface area contributed by atoms with Crippen molar-refractivity contribution < 1.29 is 14.1 Å². The molecule has 1 aliphatic rings. The summed E-state index contributed by atoms with van der Waals surface area (Å²) >= 11 is 1.19. The lowest BCUT2D eigenvalue weighted by Crippen LogP contribution is -2.41. The van der Waals surface area contributed by atoms with Crippen molar-refractivity contribution in [2.75, 3.05) is 11.5 Å². The largest absolute Gasteiger partial charge is 0.491 e. The molecule has 0 saturated carbocycles. The van der Waals surface area contributed by atoms with Gasteiger partial charge >= 0.3 is 7.12 Å². The molecule has 1 fully saturated rings. The molecule has 1 saturated heterocycles. The first-order valence-electron chi connectivity index (χ1n) is 8.25. The number of nitrogens with two attached hydrogens (primary N) is 1. The number of hydrogen-bond donors (Lipinski definition) is 2. The van der Waals surface area contributed by atoms with E-state index in [-0.39, 0.29) is 5.12 Å². The number of rotatable bonds is 4. The van der Waals surface area contributed by atoms with E-state index in [1.54, 1.807) is 0 Å². The van der Waals surface area contributed by atoms with Crippen molar-refractivity contribution in [1.29, 1.82) is 0 Å². The van der Waals surface area contributed by atoms with Crippen LogP contribution in [0.1, 0.15) is 40.3 Å². The zero-order chi connectivity index (χ0) is 19.1. The smallest absolute Gasteiger partial charge is 0.400 e. The summed E-state index contributed by atoms with van der Waals surface area (Å²) < 4.78 is 12.3. The van der Waals surface area contributed by atoms with Crippen LogP contribution in [0, 0.1) is 0 Å². The van der Waals surface area contributed by atoms with Crippen molar-refractivity contribution in [3.8, 4) is 0 Å². The Morgan fingerprint density at radius 3 is 2.58 bits per heavy atom. The molecule has 0 unspecified atom stereocenters. The molecule has 10 heteroatoms. The van der Waals surface area contributed by atoms with Crippen molar-refractivity contribution in [1.82, 2.24) is 20.2 Å². The second kappa shape index (κ2) is 6.68. The van der Waals surface area contributed by atoms with E-state index in [4.69, 9.17) is 15.0 Å². The molecule has 3 rings (SSSR count). The van der Waals surface area contributed by atoms with Crippen molar-refractivity contribution in [2.24, 2.45) is 0 Å². The molecule has 8 nitrogen and oxygen atoms in total. The van der Waals surface area contributed by atoms with Gasteiger partial charge in [-0.1, -0.05) is 11.8 Å². The number of carbonyl (C=O) groups is 1. The van der Waals surface area contributed by atoms with E-state index < -0.39 is 18.3 Å². The number of hydrogen-bond acceptors (Lipinski definition) is 8. The standard InChI is InChI=1S/C16H22BN5O3S/c1-9(23)26-7-10(17-24-15(2,3)16(4,5)25-17)6-11-12-13(18)19-8-20-14(12)22-21-11/h6,8H,7H2,1-5H3,(H3,18,19,20,21,22). The summed E-state index contributed by atoms with van der Waals surface area (Å²) in [5.74, 6) is 0.766. The van der Waals surface area contributed by atoms with Crippen LogP contribution < -0.4 is 5.73 Å². The lowest BCUT2D eigenvalue weighted by Gasteiger charge is -2.32. The van der Waals surface area contributed by atoms with Gasteiger partial charge in [0.1, 0.15) is 12.1 Å². The molecule has 0 bridgehead atoms. The number of H-pyrrole nitrogens is 1. The van der Waals surface area contributed by atoms with E-state index in [2.05, 4.69) is 20.2 Å².